The van der Waals surface area contributed by atoms with Gasteiger partial charge in [-0.1, -0.05) is 148 Å². The minimum absolute atomic E-state index is 0.0906. The van der Waals surface area contributed by atoms with Gasteiger partial charge in [0.2, 0.25) is 0 Å². The van der Waals surface area contributed by atoms with E-state index >= 15 is 0 Å². The maximum absolute atomic E-state index is 12.6. The zero-order valence-corrected chi connectivity index (χ0v) is 33.8. The number of unbranched alkanes of at least 4 members (excludes halogenated alkanes) is 22. The van der Waals surface area contributed by atoms with Crippen molar-refractivity contribution in [3.05, 3.63) is 12.2 Å². The van der Waals surface area contributed by atoms with E-state index < -0.39 is 13.9 Å². The van der Waals surface area contributed by atoms with Crippen molar-refractivity contribution in [2.45, 2.75) is 187 Å². The average molecular weight is 719 g/mol. The van der Waals surface area contributed by atoms with Crippen LogP contribution in [0.5, 0.6) is 0 Å². The molecule has 0 saturated heterocycles. The number of phosphoric acid groups is 1. The van der Waals surface area contributed by atoms with E-state index in [0.29, 0.717) is 24.1 Å². The normalized spacial score (nSPS) is 14.0. The lowest BCUT2D eigenvalue weighted by atomic mass is 10.1. The molecule has 0 aromatic carbocycles. The van der Waals surface area contributed by atoms with Gasteiger partial charge in [-0.15, -0.1) is 0 Å². The Hall–Kier alpha value is -0.760. The summed E-state index contributed by atoms with van der Waals surface area (Å²) in [7, 11) is 1.67. The van der Waals surface area contributed by atoms with Crippen LogP contribution in [0.2, 0.25) is 0 Å². The van der Waals surface area contributed by atoms with Crippen molar-refractivity contribution in [2.24, 2.45) is 0 Å². The van der Waals surface area contributed by atoms with Gasteiger partial charge < -0.3 is 18.9 Å². The van der Waals surface area contributed by atoms with Gasteiger partial charge >= 0.3 is 13.8 Å². The zero-order chi connectivity index (χ0) is 36.3. The number of likely N-dealkylation sites (N-methyl/N-ethyl adjacent to an activating group) is 1. The molecule has 0 saturated carbocycles. The fourth-order valence-electron chi connectivity index (χ4n) is 5.61. The first kappa shape index (κ1) is 48.2. The Morgan fingerprint density at radius 1 is 0.612 bits per heavy atom. The molecule has 0 radical (unpaired) electrons. The first-order valence-corrected chi connectivity index (χ1v) is 21.9. The van der Waals surface area contributed by atoms with Gasteiger partial charge in [-0.05, 0) is 38.5 Å². The van der Waals surface area contributed by atoms with E-state index in [1.54, 1.807) is 0 Å². The summed E-state index contributed by atoms with van der Waals surface area (Å²) in [5, 5.41) is 0. The van der Waals surface area contributed by atoms with Gasteiger partial charge in [0.15, 0.2) is 0 Å². The number of allylic oxidation sites excluding steroid dienone is 2. The lowest BCUT2D eigenvalue weighted by Gasteiger charge is -2.24. The molecule has 0 heterocycles. The molecule has 0 aromatic heterocycles. The highest BCUT2D eigenvalue weighted by molar-refractivity contribution is 7.47. The number of nitrogens with zero attached hydrogens (tertiary/aromatic N) is 1. The van der Waals surface area contributed by atoms with Crippen molar-refractivity contribution in [2.75, 3.05) is 54.1 Å². The first-order valence-electron chi connectivity index (χ1n) is 20.4. The lowest BCUT2D eigenvalue weighted by molar-refractivity contribution is -0.870. The van der Waals surface area contributed by atoms with Crippen LogP contribution in [-0.4, -0.2) is 75.6 Å². The van der Waals surface area contributed by atoms with Gasteiger partial charge in [-0.3, -0.25) is 13.8 Å². The molecule has 49 heavy (non-hydrogen) atoms. The van der Waals surface area contributed by atoms with E-state index in [1.807, 2.05) is 21.1 Å². The number of ether oxygens (including phenoxy) is 2. The Labute approximate surface area is 303 Å². The molecular weight excluding hydrogens is 637 g/mol. The third kappa shape index (κ3) is 38.3. The maximum Gasteiger partial charge on any atom is 0.472 e. The molecule has 0 aliphatic rings. The van der Waals surface area contributed by atoms with Crippen molar-refractivity contribution in [1.82, 2.24) is 0 Å². The fraction of sp³-hybridized carbons (Fsp3) is 0.925. The molecule has 0 spiro atoms. The number of phosphoric ester groups is 1. The second kappa shape index (κ2) is 34.3. The molecule has 0 bridgehead atoms. The monoisotopic (exact) mass is 719 g/mol. The van der Waals surface area contributed by atoms with Gasteiger partial charge in [-0.2, -0.15) is 0 Å². The van der Waals surface area contributed by atoms with E-state index in [0.717, 1.165) is 32.1 Å². The summed E-state index contributed by atoms with van der Waals surface area (Å²) in [6.45, 7) is 5.62. The molecule has 0 amide bonds. The Morgan fingerprint density at radius 2 is 1.06 bits per heavy atom. The minimum atomic E-state index is -4.26. The number of esters is 1. The highest BCUT2D eigenvalue weighted by Gasteiger charge is 2.26. The number of carbonyl (C=O) groups excluding carboxylic acids is 1. The van der Waals surface area contributed by atoms with Crippen LogP contribution in [0.25, 0.3) is 0 Å². The molecule has 292 valence electrons. The fourth-order valence-corrected chi connectivity index (χ4v) is 6.35. The summed E-state index contributed by atoms with van der Waals surface area (Å²) in [5.41, 5.74) is 0. The summed E-state index contributed by atoms with van der Waals surface area (Å²) >= 11 is 0. The third-order valence-electron chi connectivity index (χ3n) is 8.83. The SMILES string of the molecule is CCCCCCCC/C=C\CCCCCCCCCC(=O)OC(COCCCCCCCCCCCC)COP(=O)(O)OCC[N+](C)(C)C. The third-order valence-corrected chi connectivity index (χ3v) is 9.81. The second-order valence-electron chi connectivity index (χ2n) is 15.0. The smallest absolute Gasteiger partial charge is 0.457 e. The predicted octanol–water partition coefficient (Wildman–Crippen LogP) is 11.5. The van der Waals surface area contributed by atoms with Crippen molar-refractivity contribution in [3.63, 3.8) is 0 Å². The van der Waals surface area contributed by atoms with Gasteiger partial charge in [0.05, 0.1) is 34.4 Å². The number of carbonyl (C=O) groups is 1. The number of quaternary nitrogens is 1. The highest BCUT2D eigenvalue weighted by Crippen LogP contribution is 2.43. The molecule has 2 atom stereocenters. The van der Waals surface area contributed by atoms with E-state index in [1.165, 1.54) is 128 Å². The van der Waals surface area contributed by atoms with Crippen LogP contribution in [0.4, 0.5) is 0 Å². The van der Waals surface area contributed by atoms with E-state index in [9.17, 15) is 14.3 Å². The first-order chi connectivity index (χ1) is 23.6. The Morgan fingerprint density at radius 3 is 1.55 bits per heavy atom. The van der Waals surface area contributed by atoms with Crippen LogP contribution < -0.4 is 0 Å². The van der Waals surface area contributed by atoms with Crippen LogP contribution in [0.15, 0.2) is 12.2 Å². The average Bonchev–Trinajstić information content (AvgIpc) is 3.04. The van der Waals surface area contributed by atoms with Crippen molar-refractivity contribution < 1.29 is 37.3 Å². The summed E-state index contributed by atoms with van der Waals surface area (Å²) in [4.78, 5) is 22.8. The maximum atomic E-state index is 12.6. The standard InChI is InChI=1S/C40H80NO7P/c1-6-8-10-12-14-16-18-19-20-21-22-23-24-25-27-29-31-33-40(42)48-39(38-47-49(43,44)46-36-34-41(3,4)5)37-45-35-32-30-28-26-17-15-13-11-9-7-2/h19-20,39H,6-18,21-38H2,1-5H3/p+1/b20-19-. The molecule has 0 aliphatic heterocycles. The van der Waals surface area contributed by atoms with Crippen LogP contribution in [0, 0.1) is 0 Å². The van der Waals surface area contributed by atoms with Crippen LogP contribution in [0.3, 0.4) is 0 Å². The Balaban J connectivity index is 4.22. The van der Waals surface area contributed by atoms with Crippen LogP contribution in [-0.2, 0) is 27.9 Å². The topological polar surface area (TPSA) is 91.3 Å². The zero-order valence-electron chi connectivity index (χ0n) is 32.9. The number of hydrogen-bond donors (Lipinski definition) is 1. The molecule has 9 heteroatoms. The van der Waals surface area contributed by atoms with E-state index in [4.69, 9.17) is 18.5 Å². The summed E-state index contributed by atoms with van der Waals surface area (Å²) < 4.78 is 34.9. The van der Waals surface area contributed by atoms with E-state index in [-0.39, 0.29) is 25.8 Å². The molecule has 0 rings (SSSR count). The minimum Gasteiger partial charge on any atom is -0.457 e. The lowest BCUT2D eigenvalue weighted by Crippen LogP contribution is -2.37. The molecule has 8 nitrogen and oxygen atoms in total. The van der Waals surface area contributed by atoms with Gasteiger partial charge in [0.25, 0.3) is 0 Å². The quantitative estimate of drug-likeness (QED) is 0.0223. The molecular formula is C40H81NO7P+. The number of hydrogen-bond acceptors (Lipinski definition) is 6. The summed E-state index contributed by atoms with van der Waals surface area (Å²) in [6, 6.07) is 0. The van der Waals surface area contributed by atoms with Crippen LogP contribution in [0.1, 0.15) is 181 Å². The Bertz CT molecular complexity index is 802. The van der Waals surface area contributed by atoms with Gasteiger partial charge in [0, 0.05) is 13.0 Å². The molecule has 2 unspecified atom stereocenters. The van der Waals surface area contributed by atoms with E-state index in [2.05, 4.69) is 26.0 Å². The molecule has 0 aromatic rings. The van der Waals surface area contributed by atoms with Crippen LogP contribution >= 0.6 is 7.82 Å². The van der Waals surface area contributed by atoms with Gasteiger partial charge in [0.1, 0.15) is 19.3 Å². The van der Waals surface area contributed by atoms with Gasteiger partial charge in [-0.25, -0.2) is 4.57 Å². The summed E-state index contributed by atoms with van der Waals surface area (Å²) in [6.07, 6.45) is 35.2. The molecule has 1 N–H and O–H groups in total. The number of rotatable bonds is 38. The molecule has 0 fully saturated rings. The Kier molecular flexibility index (Phi) is 33.8. The second-order valence-corrected chi connectivity index (χ2v) is 16.5. The summed E-state index contributed by atoms with van der Waals surface area (Å²) in [5.74, 6) is -0.317. The van der Waals surface area contributed by atoms with Crippen molar-refractivity contribution in [3.8, 4) is 0 Å². The van der Waals surface area contributed by atoms with Crippen molar-refractivity contribution >= 4 is 13.8 Å². The molecule has 0 aliphatic carbocycles. The highest BCUT2D eigenvalue weighted by atomic mass is 31.2. The van der Waals surface area contributed by atoms with Crippen molar-refractivity contribution in [1.29, 1.82) is 0 Å². The largest absolute Gasteiger partial charge is 0.472 e. The predicted molar refractivity (Wildman–Crippen MR) is 206 cm³/mol.